The fraction of sp³-hybridized carbons (Fsp3) is 0.150. The number of ether oxygens (including phenoxy) is 1. The normalized spacial score (nSPS) is 13.7. The van der Waals surface area contributed by atoms with Crippen molar-refractivity contribution >= 4 is 17.4 Å². The van der Waals surface area contributed by atoms with Crippen LogP contribution >= 0.6 is 0 Å². The van der Waals surface area contributed by atoms with Crippen molar-refractivity contribution in [2.45, 2.75) is 6.10 Å². The Hall–Kier alpha value is -3.61. The van der Waals surface area contributed by atoms with E-state index < -0.39 is 0 Å². The molecule has 1 aromatic carbocycles. The maximum atomic E-state index is 12.1. The third kappa shape index (κ3) is 3.98. The lowest BCUT2D eigenvalue weighted by Gasteiger charge is -2.38. The lowest BCUT2D eigenvalue weighted by molar-refractivity contribution is 0.0461. The lowest BCUT2D eigenvalue weighted by atomic mass is 10.1. The summed E-state index contributed by atoms with van der Waals surface area (Å²) in [4.78, 5) is 22.1. The van der Waals surface area contributed by atoms with Gasteiger partial charge in [0.25, 0.3) is 0 Å². The van der Waals surface area contributed by atoms with E-state index in [1.807, 2.05) is 36.4 Å². The van der Waals surface area contributed by atoms with E-state index in [2.05, 4.69) is 15.3 Å². The van der Waals surface area contributed by atoms with Gasteiger partial charge in [0.05, 0.1) is 25.0 Å². The Balaban J connectivity index is 1.29. The molecule has 0 saturated carbocycles. The Labute approximate surface area is 156 Å². The van der Waals surface area contributed by atoms with Crippen LogP contribution in [-0.2, 0) is 0 Å². The summed E-state index contributed by atoms with van der Waals surface area (Å²) in [5, 5.41) is 2.80. The van der Waals surface area contributed by atoms with Crippen LogP contribution in [0, 0.1) is 0 Å². The highest BCUT2D eigenvalue weighted by atomic mass is 16.5. The maximum Gasteiger partial charge on any atom is 0.322 e. The van der Waals surface area contributed by atoms with E-state index in [0.717, 1.165) is 11.1 Å². The van der Waals surface area contributed by atoms with Crippen molar-refractivity contribution < 1.29 is 9.53 Å². The summed E-state index contributed by atoms with van der Waals surface area (Å²) in [7, 11) is 0. The van der Waals surface area contributed by atoms with E-state index in [0.29, 0.717) is 30.3 Å². The van der Waals surface area contributed by atoms with Crippen LogP contribution in [0.2, 0.25) is 0 Å². The van der Waals surface area contributed by atoms with Crippen molar-refractivity contribution in [1.29, 1.82) is 0 Å². The van der Waals surface area contributed by atoms with Crippen LogP contribution in [0.5, 0.6) is 5.88 Å². The number of nitrogens with zero attached hydrogens (tertiary/aromatic N) is 3. The SMILES string of the molecule is Nc1cccc(-c2ccc(OC3CN(C(=O)Nc4cccnc4)C3)nc2)c1. The predicted molar refractivity (Wildman–Crippen MR) is 103 cm³/mol. The second-order valence-corrected chi connectivity index (χ2v) is 6.33. The topological polar surface area (TPSA) is 93.4 Å². The molecule has 1 fully saturated rings. The molecule has 7 heteroatoms. The molecule has 0 unspecified atom stereocenters. The number of aromatic nitrogens is 2. The molecule has 2 aromatic heterocycles. The molecule has 3 aromatic rings. The zero-order valence-corrected chi connectivity index (χ0v) is 14.6. The Morgan fingerprint density at radius 3 is 2.70 bits per heavy atom. The minimum atomic E-state index is -0.159. The Morgan fingerprint density at radius 2 is 2.00 bits per heavy atom. The molecule has 0 spiro atoms. The third-order valence-electron chi connectivity index (χ3n) is 4.29. The van der Waals surface area contributed by atoms with E-state index in [4.69, 9.17) is 10.5 Å². The molecule has 1 aliphatic rings. The van der Waals surface area contributed by atoms with E-state index >= 15 is 0 Å². The molecular weight excluding hydrogens is 342 g/mol. The molecule has 4 rings (SSSR count). The molecule has 3 N–H and O–H groups in total. The van der Waals surface area contributed by atoms with Crippen molar-refractivity contribution in [1.82, 2.24) is 14.9 Å². The summed E-state index contributed by atoms with van der Waals surface area (Å²) in [5.41, 5.74) is 9.19. The fourth-order valence-electron chi connectivity index (χ4n) is 2.83. The number of carbonyl (C=O) groups is 1. The largest absolute Gasteiger partial charge is 0.471 e. The van der Waals surface area contributed by atoms with Gasteiger partial charge in [-0.2, -0.15) is 0 Å². The summed E-state index contributed by atoms with van der Waals surface area (Å²) in [6, 6.07) is 14.8. The van der Waals surface area contributed by atoms with Gasteiger partial charge >= 0.3 is 6.03 Å². The second-order valence-electron chi connectivity index (χ2n) is 6.33. The van der Waals surface area contributed by atoms with Crippen LogP contribution in [0.25, 0.3) is 11.1 Å². The van der Waals surface area contributed by atoms with Gasteiger partial charge in [-0.15, -0.1) is 0 Å². The number of anilines is 2. The van der Waals surface area contributed by atoms with Crippen molar-refractivity contribution in [2.24, 2.45) is 0 Å². The average molecular weight is 361 g/mol. The summed E-state index contributed by atoms with van der Waals surface area (Å²) < 4.78 is 5.83. The van der Waals surface area contributed by atoms with Crippen molar-refractivity contribution in [3.05, 3.63) is 67.1 Å². The van der Waals surface area contributed by atoms with Gasteiger partial charge in [0.15, 0.2) is 0 Å². The molecule has 0 atom stereocenters. The standard InChI is InChI=1S/C20H19N5O2/c21-16-4-1-3-14(9-16)15-6-7-19(23-10-15)27-18-12-25(13-18)20(26)24-17-5-2-8-22-11-17/h1-11,18H,12-13,21H2,(H,24,26). The Morgan fingerprint density at radius 1 is 1.11 bits per heavy atom. The molecule has 136 valence electrons. The quantitative estimate of drug-likeness (QED) is 0.697. The van der Waals surface area contributed by atoms with E-state index in [1.165, 1.54) is 0 Å². The van der Waals surface area contributed by atoms with Gasteiger partial charge in [-0.05, 0) is 35.9 Å². The molecule has 3 heterocycles. The first-order valence-corrected chi connectivity index (χ1v) is 8.62. The number of nitrogens with two attached hydrogens (primary N) is 1. The molecule has 0 radical (unpaired) electrons. The Bertz CT molecular complexity index is 925. The molecule has 1 saturated heterocycles. The highest BCUT2D eigenvalue weighted by Gasteiger charge is 2.32. The van der Waals surface area contributed by atoms with Gasteiger partial charge < -0.3 is 20.7 Å². The van der Waals surface area contributed by atoms with Crippen molar-refractivity contribution in [3.8, 4) is 17.0 Å². The summed E-state index contributed by atoms with van der Waals surface area (Å²) in [6.07, 6.45) is 4.97. The van der Waals surface area contributed by atoms with Crippen molar-refractivity contribution in [3.63, 3.8) is 0 Å². The minimum absolute atomic E-state index is 0.0598. The number of benzene rings is 1. The lowest BCUT2D eigenvalue weighted by Crippen LogP contribution is -2.57. The molecule has 27 heavy (non-hydrogen) atoms. The number of amides is 2. The van der Waals surface area contributed by atoms with Gasteiger partial charge in [-0.25, -0.2) is 9.78 Å². The van der Waals surface area contributed by atoms with Crippen LogP contribution in [0.1, 0.15) is 0 Å². The monoisotopic (exact) mass is 361 g/mol. The van der Waals surface area contributed by atoms with E-state index in [-0.39, 0.29) is 12.1 Å². The smallest absolute Gasteiger partial charge is 0.322 e. The fourth-order valence-corrected chi connectivity index (χ4v) is 2.83. The first-order valence-electron chi connectivity index (χ1n) is 8.62. The highest BCUT2D eigenvalue weighted by Crippen LogP contribution is 2.23. The van der Waals surface area contributed by atoms with Crippen LogP contribution in [0.3, 0.4) is 0 Å². The van der Waals surface area contributed by atoms with Gasteiger partial charge in [0, 0.05) is 29.7 Å². The van der Waals surface area contributed by atoms with E-state index in [1.54, 1.807) is 35.6 Å². The number of pyridine rings is 2. The van der Waals surface area contributed by atoms with Crippen LogP contribution in [-0.4, -0.2) is 40.1 Å². The molecule has 1 aliphatic heterocycles. The first-order chi connectivity index (χ1) is 13.2. The number of carbonyl (C=O) groups excluding carboxylic acids is 1. The maximum absolute atomic E-state index is 12.1. The number of urea groups is 1. The van der Waals surface area contributed by atoms with E-state index in [9.17, 15) is 4.79 Å². The Kier molecular flexibility index (Phi) is 4.57. The number of hydrogen-bond donors (Lipinski definition) is 2. The second kappa shape index (κ2) is 7.33. The molecule has 7 nitrogen and oxygen atoms in total. The molecular formula is C20H19N5O2. The summed E-state index contributed by atoms with van der Waals surface area (Å²) in [6.45, 7) is 1.04. The molecule has 0 aliphatic carbocycles. The van der Waals surface area contributed by atoms with Gasteiger partial charge in [-0.1, -0.05) is 12.1 Å². The zero-order valence-electron chi connectivity index (χ0n) is 14.6. The first kappa shape index (κ1) is 16.8. The van der Waals surface area contributed by atoms with Crippen molar-refractivity contribution in [2.75, 3.05) is 24.1 Å². The number of rotatable bonds is 4. The summed E-state index contributed by atoms with van der Waals surface area (Å²) >= 11 is 0. The number of nitrogen functional groups attached to an aromatic ring is 1. The average Bonchev–Trinajstić information content (AvgIpc) is 2.65. The third-order valence-corrected chi connectivity index (χ3v) is 4.29. The van der Waals surface area contributed by atoms with Gasteiger partial charge in [0.1, 0.15) is 6.10 Å². The predicted octanol–water partition coefficient (Wildman–Crippen LogP) is 3.02. The minimum Gasteiger partial charge on any atom is -0.471 e. The van der Waals surface area contributed by atoms with Crippen LogP contribution in [0.15, 0.2) is 67.1 Å². The molecule has 2 amide bonds. The molecule has 0 bridgehead atoms. The van der Waals surface area contributed by atoms with Crippen LogP contribution < -0.4 is 15.8 Å². The number of likely N-dealkylation sites (tertiary alicyclic amines) is 1. The van der Waals surface area contributed by atoms with Gasteiger partial charge in [0.2, 0.25) is 5.88 Å². The number of hydrogen-bond acceptors (Lipinski definition) is 5. The van der Waals surface area contributed by atoms with Gasteiger partial charge in [-0.3, -0.25) is 4.98 Å². The van der Waals surface area contributed by atoms with Crippen LogP contribution in [0.4, 0.5) is 16.2 Å². The zero-order chi connectivity index (χ0) is 18.6. The summed E-state index contributed by atoms with van der Waals surface area (Å²) in [5.74, 6) is 0.542. The number of nitrogens with one attached hydrogen (secondary N) is 1. The highest BCUT2D eigenvalue weighted by molar-refractivity contribution is 5.89.